The highest BCUT2D eigenvalue weighted by atomic mass is 32.1. The second kappa shape index (κ2) is 7.60. The summed E-state index contributed by atoms with van der Waals surface area (Å²) in [6.07, 6.45) is 1.40. The Morgan fingerprint density at radius 3 is 2.72 bits per heavy atom. The molecule has 0 aliphatic carbocycles. The summed E-state index contributed by atoms with van der Waals surface area (Å²) in [5, 5.41) is 3.26. The molecule has 2 heterocycles. The van der Waals surface area contributed by atoms with Gasteiger partial charge in [-0.25, -0.2) is 9.37 Å². The Hall–Kier alpha value is -3.32. The van der Waals surface area contributed by atoms with E-state index in [0.717, 1.165) is 5.56 Å². The van der Waals surface area contributed by atoms with Crippen molar-refractivity contribution in [3.63, 3.8) is 0 Å². The predicted molar refractivity (Wildman–Crippen MR) is 113 cm³/mol. The molecule has 0 spiro atoms. The molecule has 0 saturated heterocycles. The minimum absolute atomic E-state index is 0.0779. The quantitative estimate of drug-likeness (QED) is 0.541. The van der Waals surface area contributed by atoms with E-state index >= 15 is 0 Å². The molecule has 2 aromatic heterocycles. The molecule has 0 saturated carbocycles. The lowest BCUT2D eigenvalue weighted by molar-refractivity contribution is 0.103. The lowest BCUT2D eigenvalue weighted by Crippen LogP contribution is -2.21. The van der Waals surface area contributed by atoms with Gasteiger partial charge in [0.15, 0.2) is 0 Å². The van der Waals surface area contributed by atoms with E-state index in [-0.39, 0.29) is 23.8 Å². The van der Waals surface area contributed by atoms with Crippen LogP contribution in [0.15, 0.2) is 59.7 Å². The smallest absolute Gasteiger partial charge is 0.266 e. The Balaban J connectivity index is 1.70. The fourth-order valence-electron chi connectivity index (χ4n) is 3.21. The van der Waals surface area contributed by atoms with Crippen LogP contribution in [0.1, 0.15) is 26.4 Å². The van der Waals surface area contributed by atoms with E-state index in [4.69, 9.17) is 0 Å². The van der Waals surface area contributed by atoms with Gasteiger partial charge in [0, 0.05) is 11.3 Å². The second-order valence-corrected chi connectivity index (χ2v) is 7.83. The van der Waals surface area contributed by atoms with Gasteiger partial charge < -0.3 is 5.32 Å². The van der Waals surface area contributed by atoms with Crippen molar-refractivity contribution in [2.45, 2.75) is 20.4 Å². The highest BCUT2D eigenvalue weighted by molar-refractivity contribution is 7.20. The number of nitrogens with zero attached hydrogens (tertiary/aromatic N) is 2. The van der Waals surface area contributed by atoms with Gasteiger partial charge in [0.2, 0.25) is 0 Å². The Morgan fingerprint density at radius 2 is 1.97 bits per heavy atom. The van der Waals surface area contributed by atoms with Gasteiger partial charge in [-0.15, -0.1) is 11.3 Å². The minimum Gasteiger partial charge on any atom is -0.321 e. The van der Waals surface area contributed by atoms with E-state index in [1.807, 2.05) is 31.2 Å². The number of amides is 1. The first kappa shape index (κ1) is 19.0. The highest BCUT2D eigenvalue weighted by Gasteiger charge is 2.20. The van der Waals surface area contributed by atoms with Crippen molar-refractivity contribution < 1.29 is 9.18 Å². The largest absolute Gasteiger partial charge is 0.321 e. The number of carbonyl (C=O) groups is 1. The second-order valence-electron chi connectivity index (χ2n) is 6.83. The van der Waals surface area contributed by atoms with Crippen molar-refractivity contribution in [1.29, 1.82) is 0 Å². The number of hydrogen-bond acceptors (Lipinski definition) is 4. The average molecular weight is 407 g/mol. The summed E-state index contributed by atoms with van der Waals surface area (Å²) in [7, 11) is 0. The summed E-state index contributed by atoms with van der Waals surface area (Å²) in [4.78, 5) is 31.0. The predicted octanol–water partition coefficient (Wildman–Crippen LogP) is 4.51. The van der Waals surface area contributed by atoms with Gasteiger partial charge in [0.05, 0.1) is 23.1 Å². The molecule has 0 fully saturated rings. The molecule has 2 aromatic carbocycles. The first-order valence-corrected chi connectivity index (χ1v) is 9.85. The van der Waals surface area contributed by atoms with Crippen molar-refractivity contribution in [3.8, 4) is 0 Å². The Labute approximate surface area is 170 Å². The number of carbonyl (C=O) groups excluding carboxylic acids is 1. The number of hydrogen-bond donors (Lipinski definition) is 1. The first-order chi connectivity index (χ1) is 13.9. The first-order valence-electron chi connectivity index (χ1n) is 9.04. The fraction of sp³-hybridized carbons (Fsp3) is 0.136. The standard InChI is InChI=1S/C22H18FN3O2S/c1-13-6-5-8-16(10-13)25-20(27)19-14(2)18-21(29-19)24-12-26(22(18)28)11-15-7-3-4-9-17(15)23/h3-10,12H,11H2,1-2H3,(H,25,27). The molecular formula is C22H18FN3O2S. The third-order valence-corrected chi connectivity index (χ3v) is 5.90. The molecule has 1 amide bonds. The minimum atomic E-state index is -0.375. The number of aryl methyl sites for hydroxylation is 2. The monoisotopic (exact) mass is 407 g/mol. The summed E-state index contributed by atoms with van der Waals surface area (Å²) in [6, 6.07) is 13.8. The van der Waals surface area contributed by atoms with Gasteiger partial charge in [0.25, 0.3) is 11.5 Å². The molecule has 29 heavy (non-hydrogen) atoms. The molecule has 0 atom stereocenters. The molecule has 0 aliphatic rings. The summed E-state index contributed by atoms with van der Waals surface area (Å²) < 4.78 is 15.3. The fourth-order valence-corrected chi connectivity index (χ4v) is 4.24. The molecule has 5 nitrogen and oxygen atoms in total. The molecule has 1 N–H and O–H groups in total. The van der Waals surface area contributed by atoms with Crippen LogP contribution >= 0.6 is 11.3 Å². The van der Waals surface area contributed by atoms with Crippen LogP contribution in [0.5, 0.6) is 0 Å². The normalized spacial score (nSPS) is 11.0. The molecule has 4 rings (SSSR count). The van der Waals surface area contributed by atoms with Gasteiger partial charge in [-0.05, 0) is 43.2 Å². The maximum Gasteiger partial charge on any atom is 0.266 e. The summed E-state index contributed by atoms with van der Waals surface area (Å²) >= 11 is 1.18. The summed E-state index contributed by atoms with van der Waals surface area (Å²) in [5.41, 5.74) is 2.42. The third-order valence-electron chi connectivity index (χ3n) is 4.70. The van der Waals surface area contributed by atoms with Crippen molar-refractivity contribution in [3.05, 3.63) is 92.6 Å². The third kappa shape index (κ3) is 3.69. The number of nitrogens with one attached hydrogen (secondary N) is 1. The van der Waals surface area contributed by atoms with Gasteiger partial charge in [-0.3, -0.25) is 14.2 Å². The lowest BCUT2D eigenvalue weighted by atomic mass is 10.2. The van der Waals surface area contributed by atoms with Crippen LogP contribution < -0.4 is 10.9 Å². The molecule has 4 aromatic rings. The number of benzene rings is 2. The zero-order valence-corrected chi connectivity index (χ0v) is 16.7. The molecule has 0 bridgehead atoms. The van der Waals surface area contributed by atoms with Crippen LogP contribution in [0.2, 0.25) is 0 Å². The van der Waals surface area contributed by atoms with Crippen molar-refractivity contribution in [2.24, 2.45) is 0 Å². The number of halogens is 1. The molecule has 146 valence electrons. The van der Waals surface area contributed by atoms with Gasteiger partial charge in [-0.1, -0.05) is 30.3 Å². The van der Waals surface area contributed by atoms with Crippen LogP contribution in [0, 0.1) is 19.7 Å². The number of thiophene rings is 1. The highest BCUT2D eigenvalue weighted by Crippen LogP contribution is 2.28. The number of anilines is 1. The Morgan fingerprint density at radius 1 is 1.17 bits per heavy atom. The summed E-state index contributed by atoms with van der Waals surface area (Å²) in [6.45, 7) is 3.76. The van der Waals surface area contributed by atoms with Crippen LogP contribution in [0.3, 0.4) is 0 Å². The number of aromatic nitrogens is 2. The Kier molecular flexibility index (Phi) is 4.98. The van der Waals surface area contributed by atoms with E-state index in [1.54, 1.807) is 25.1 Å². The van der Waals surface area contributed by atoms with E-state index in [0.29, 0.717) is 31.9 Å². The molecule has 0 aliphatic heterocycles. The van der Waals surface area contributed by atoms with Gasteiger partial charge in [-0.2, -0.15) is 0 Å². The van der Waals surface area contributed by atoms with Gasteiger partial charge >= 0.3 is 0 Å². The van der Waals surface area contributed by atoms with E-state index in [1.165, 1.54) is 28.3 Å². The van der Waals surface area contributed by atoms with E-state index in [9.17, 15) is 14.0 Å². The van der Waals surface area contributed by atoms with Crippen molar-refractivity contribution in [1.82, 2.24) is 9.55 Å². The van der Waals surface area contributed by atoms with E-state index < -0.39 is 0 Å². The van der Waals surface area contributed by atoms with E-state index in [2.05, 4.69) is 10.3 Å². The van der Waals surface area contributed by atoms with Crippen LogP contribution in [-0.4, -0.2) is 15.5 Å². The van der Waals surface area contributed by atoms with Crippen molar-refractivity contribution >= 4 is 33.1 Å². The molecule has 7 heteroatoms. The zero-order chi connectivity index (χ0) is 20.5. The molecule has 0 unspecified atom stereocenters. The lowest BCUT2D eigenvalue weighted by Gasteiger charge is -2.07. The molecular weight excluding hydrogens is 389 g/mol. The molecule has 0 radical (unpaired) electrons. The van der Waals surface area contributed by atoms with Crippen molar-refractivity contribution in [2.75, 3.05) is 5.32 Å². The SMILES string of the molecule is Cc1cccc(NC(=O)c2sc3ncn(Cc4ccccc4F)c(=O)c3c2C)c1. The van der Waals surface area contributed by atoms with Crippen LogP contribution in [-0.2, 0) is 6.54 Å². The average Bonchev–Trinajstić information content (AvgIpc) is 3.03. The topological polar surface area (TPSA) is 64.0 Å². The summed E-state index contributed by atoms with van der Waals surface area (Å²) in [5.74, 6) is -0.657. The number of fused-ring (bicyclic) bond motifs is 1. The number of rotatable bonds is 4. The van der Waals surface area contributed by atoms with Gasteiger partial charge in [0.1, 0.15) is 10.6 Å². The maximum absolute atomic E-state index is 14.0. The zero-order valence-electron chi connectivity index (χ0n) is 15.9. The van der Waals surface area contributed by atoms with Crippen LogP contribution in [0.25, 0.3) is 10.2 Å². The Bertz CT molecular complexity index is 1290. The maximum atomic E-state index is 14.0. The van der Waals surface area contributed by atoms with Crippen LogP contribution in [0.4, 0.5) is 10.1 Å².